The molecule has 0 radical (unpaired) electrons. The number of aryl methyl sites for hydroxylation is 1. The summed E-state index contributed by atoms with van der Waals surface area (Å²) in [5.41, 5.74) is 3.74. The number of nitrogens with one attached hydrogen (secondary N) is 2. The minimum Gasteiger partial charge on any atom is -0.484 e. The summed E-state index contributed by atoms with van der Waals surface area (Å²) in [5, 5.41) is 6.75. The van der Waals surface area contributed by atoms with E-state index in [9.17, 15) is 4.79 Å². The number of hydrogen-bond donors (Lipinski definition) is 2. The van der Waals surface area contributed by atoms with Gasteiger partial charge in [0.1, 0.15) is 5.75 Å². The van der Waals surface area contributed by atoms with E-state index in [1.807, 2.05) is 73.7 Å². The van der Waals surface area contributed by atoms with Crippen molar-refractivity contribution in [3.05, 3.63) is 88.9 Å². The van der Waals surface area contributed by atoms with Crippen LogP contribution in [0.4, 0.5) is 11.4 Å². The van der Waals surface area contributed by atoms with Crippen LogP contribution in [0, 0.1) is 6.92 Å². The van der Waals surface area contributed by atoms with Crippen LogP contribution >= 0.6 is 11.6 Å². The molecule has 0 fully saturated rings. The Hall–Kier alpha value is -2.98. The van der Waals surface area contributed by atoms with Crippen LogP contribution in [0.15, 0.2) is 72.8 Å². The molecular weight excluding hydrogens is 360 g/mol. The Bertz CT molecular complexity index is 913. The molecule has 0 unspecified atom stereocenters. The van der Waals surface area contributed by atoms with Crippen LogP contribution in [0.25, 0.3) is 0 Å². The SMILES string of the molecule is Cc1ccc(NC(=O)COc2cccc(CNc3ccccc3)c2)cc1Cl. The maximum absolute atomic E-state index is 12.1. The van der Waals surface area contributed by atoms with Gasteiger partial charge < -0.3 is 15.4 Å². The summed E-state index contributed by atoms with van der Waals surface area (Å²) in [7, 11) is 0. The Balaban J connectivity index is 1.51. The molecule has 4 nitrogen and oxygen atoms in total. The van der Waals surface area contributed by atoms with Gasteiger partial charge in [-0.1, -0.05) is 48.0 Å². The first kappa shape index (κ1) is 18.8. The average Bonchev–Trinajstić information content (AvgIpc) is 2.69. The Morgan fingerprint density at radius 2 is 1.78 bits per heavy atom. The van der Waals surface area contributed by atoms with Crippen LogP contribution in [0.3, 0.4) is 0 Å². The quantitative estimate of drug-likeness (QED) is 0.586. The van der Waals surface area contributed by atoms with Crippen molar-refractivity contribution in [1.82, 2.24) is 0 Å². The highest BCUT2D eigenvalue weighted by molar-refractivity contribution is 6.31. The molecule has 3 rings (SSSR count). The molecule has 0 atom stereocenters. The van der Waals surface area contributed by atoms with Gasteiger partial charge in [0.05, 0.1) is 0 Å². The maximum atomic E-state index is 12.1. The Labute approximate surface area is 164 Å². The first-order chi connectivity index (χ1) is 13.1. The van der Waals surface area contributed by atoms with E-state index in [1.165, 1.54) is 0 Å². The first-order valence-corrected chi connectivity index (χ1v) is 9.04. The van der Waals surface area contributed by atoms with Crippen molar-refractivity contribution in [2.75, 3.05) is 17.2 Å². The van der Waals surface area contributed by atoms with Gasteiger partial charge >= 0.3 is 0 Å². The Morgan fingerprint density at radius 1 is 0.963 bits per heavy atom. The molecule has 1 amide bonds. The third-order valence-electron chi connectivity index (χ3n) is 3.99. The lowest BCUT2D eigenvalue weighted by Crippen LogP contribution is -2.20. The van der Waals surface area contributed by atoms with Crippen molar-refractivity contribution in [2.45, 2.75) is 13.5 Å². The summed E-state index contributed by atoms with van der Waals surface area (Å²) in [4.78, 5) is 12.1. The fourth-order valence-corrected chi connectivity index (χ4v) is 2.70. The van der Waals surface area contributed by atoms with Crippen LogP contribution in [0.2, 0.25) is 5.02 Å². The summed E-state index contributed by atoms with van der Waals surface area (Å²) in [6, 6.07) is 23.1. The fraction of sp³-hybridized carbons (Fsp3) is 0.136. The Kier molecular flexibility index (Phi) is 6.34. The van der Waals surface area contributed by atoms with E-state index >= 15 is 0 Å². The summed E-state index contributed by atoms with van der Waals surface area (Å²) in [6.45, 7) is 2.52. The summed E-state index contributed by atoms with van der Waals surface area (Å²) >= 11 is 6.07. The molecule has 0 aliphatic carbocycles. The lowest BCUT2D eigenvalue weighted by atomic mass is 10.2. The van der Waals surface area contributed by atoms with Crippen molar-refractivity contribution in [3.8, 4) is 5.75 Å². The van der Waals surface area contributed by atoms with Crippen molar-refractivity contribution >= 4 is 28.9 Å². The number of anilines is 2. The summed E-state index contributed by atoms with van der Waals surface area (Å²) < 4.78 is 5.61. The second-order valence-corrected chi connectivity index (χ2v) is 6.57. The van der Waals surface area contributed by atoms with E-state index in [0.717, 1.165) is 16.8 Å². The maximum Gasteiger partial charge on any atom is 0.262 e. The zero-order chi connectivity index (χ0) is 19.1. The molecule has 0 heterocycles. The smallest absolute Gasteiger partial charge is 0.262 e. The van der Waals surface area contributed by atoms with Gasteiger partial charge in [-0.2, -0.15) is 0 Å². The van der Waals surface area contributed by atoms with Gasteiger partial charge in [-0.15, -0.1) is 0 Å². The van der Waals surface area contributed by atoms with Gasteiger partial charge in [0.2, 0.25) is 0 Å². The highest BCUT2D eigenvalue weighted by atomic mass is 35.5. The summed E-state index contributed by atoms with van der Waals surface area (Å²) in [6.07, 6.45) is 0. The number of para-hydroxylation sites is 1. The van der Waals surface area contributed by atoms with Crippen molar-refractivity contribution in [3.63, 3.8) is 0 Å². The van der Waals surface area contributed by atoms with Gasteiger partial charge in [0, 0.05) is 22.9 Å². The molecule has 27 heavy (non-hydrogen) atoms. The van der Waals surface area contributed by atoms with Gasteiger partial charge in [0.25, 0.3) is 5.91 Å². The van der Waals surface area contributed by atoms with Gasteiger partial charge in [-0.3, -0.25) is 4.79 Å². The van der Waals surface area contributed by atoms with E-state index in [-0.39, 0.29) is 12.5 Å². The zero-order valence-electron chi connectivity index (χ0n) is 15.0. The van der Waals surface area contributed by atoms with Crippen LogP contribution in [0.1, 0.15) is 11.1 Å². The minimum absolute atomic E-state index is 0.0684. The van der Waals surface area contributed by atoms with Gasteiger partial charge in [0.15, 0.2) is 6.61 Å². The van der Waals surface area contributed by atoms with Crippen LogP contribution in [-0.2, 0) is 11.3 Å². The molecule has 0 saturated heterocycles. The fourth-order valence-electron chi connectivity index (χ4n) is 2.52. The molecule has 2 N–H and O–H groups in total. The van der Waals surface area contributed by atoms with E-state index in [2.05, 4.69) is 10.6 Å². The molecule has 3 aromatic rings. The van der Waals surface area contributed by atoms with Gasteiger partial charge in [-0.05, 0) is 54.4 Å². The number of benzene rings is 3. The van der Waals surface area contributed by atoms with Crippen molar-refractivity contribution in [2.24, 2.45) is 0 Å². The number of ether oxygens (including phenoxy) is 1. The van der Waals surface area contributed by atoms with Crippen molar-refractivity contribution < 1.29 is 9.53 Å². The van der Waals surface area contributed by atoms with Crippen molar-refractivity contribution in [1.29, 1.82) is 0 Å². The number of rotatable bonds is 7. The minimum atomic E-state index is -0.234. The molecule has 0 saturated carbocycles. The monoisotopic (exact) mass is 380 g/mol. The second kappa shape index (κ2) is 9.10. The number of carbonyl (C=O) groups is 1. The lowest BCUT2D eigenvalue weighted by Gasteiger charge is -2.10. The largest absolute Gasteiger partial charge is 0.484 e. The third kappa shape index (κ3) is 5.76. The summed E-state index contributed by atoms with van der Waals surface area (Å²) in [5.74, 6) is 0.419. The topological polar surface area (TPSA) is 50.4 Å². The molecule has 138 valence electrons. The predicted molar refractivity (Wildman–Crippen MR) is 111 cm³/mol. The molecule has 3 aromatic carbocycles. The molecule has 0 aromatic heterocycles. The molecular formula is C22H21ClN2O2. The van der Waals surface area contributed by atoms with Gasteiger partial charge in [-0.25, -0.2) is 0 Å². The molecule has 0 spiro atoms. The molecule has 5 heteroatoms. The zero-order valence-corrected chi connectivity index (χ0v) is 15.8. The van der Waals surface area contributed by atoms with Crippen LogP contribution in [0.5, 0.6) is 5.75 Å². The number of carbonyl (C=O) groups excluding carboxylic acids is 1. The average molecular weight is 381 g/mol. The highest BCUT2D eigenvalue weighted by Crippen LogP contribution is 2.20. The van der Waals surface area contributed by atoms with E-state index < -0.39 is 0 Å². The van der Waals surface area contributed by atoms with Crippen LogP contribution < -0.4 is 15.4 Å². The highest BCUT2D eigenvalue weighted by Gasteiger charge is 2.06. The predicted octanol–water partition coefficient (Wildman–Crippen LogP) is 5.28. The van der Waals surface area contributed by atoms with Crippen LogP contribution in [-0.4, -0.2) is 12.5 Å². The normalized spacial score (nSPS) is 10.3. The van der Waals surface area contributed by atoms with E-state index in [0.29, 0.717) is 23.0 Å². The Morgan fingerprint density at radius 3 is 2.56 bits per heavy atom. The third-order valence-corrected chi connectivity index (χ3v) is 4.40. The second-order valence-electron chi connectivity index (χ2n) is 6.17. The number of amides is 1. The molecule has 0 aliphatic rings. The number of hydrogen-bond acceptors (Lipinski definition) is 3. The number of halogens is 1. The van der Waals surface area contributed by atoms with E-state index in [4.69, 9.17) is 16.3 Å². The standard InChI is InChI=1S/C22H21ClN2O2/c1-16-10-11-19(13-21(16)23)25-22(26)15-27-20-9-5-6-17(12-20)14-24-18-7-3-2-4-8-18/h2-13,24H,14-15H2,1H3,(H,25,26). The molecule has 0 aliphatic heterocycles. The molecule has 0 bridgehead atoms. The first-order valence-electron chi connectivity index (χ1n) is 8.67. The van der Waals surface area contributed by atoms with E-state index in [1.54, 1.807) is 6.07 Å². The lowest BCUT2D eigenvalue weighted by molar-refractivity contribution is -0.118.